The van der Waals surface area contributed by atoms with Crippen LogP contribution in [0.5, 0.6) is 0 Å². The molecule has 0 atom stereocenters. The van der Waals surface area contributed by atoms with Crippen molar-refractivity contribution in [1.82, 2.24) is 0 Å². The molecule has 2 heteroatoms. The SMILES string of the molecule is CCc1ccc(C[NH2+]CCc2ccccc2F)cc1. The molecule has 2 aromatic carbocycles. The van der Waals surface area contributed by atoms with Crippen LogP contribution in [0.25, 0.3) is 0 Å². The van der Waals surface area contributed by atoms with Crippen LogP contribution < -0.4 is 5.32 Å². The molecule has 0 aliphatic rings. The number of benzene rings is 2. The van der Waals surface area contributed by atoms with Crippen LogP contribution in [0, 0.1) is 5.82 Å². The third-order valence-electron chi connectivity index (χ3n) is 3.39. The summed E-state index contributed by atoms with van der Waals surface area (Å²) in [4.78, 5) is 0. The van der Waals surface area contributed by atoms with Crippen LogP contribution in [-0.4, -0.2) is 6.54 Å². The van der Waals surface area contributed by atoms with Crippen LogP contribution in [0.4, 0.5) is 4.39 Å². The lowest BCUT2D eigenvalue weighted by molar-refractivity contribution is -0.670. The largest absolute Gasteiger partial charge is 0.342 e. The van der Waals surface area contributed by atoms with Gasteiger partial charge in [-0.2, -0.15) is 0 Å². The number of aryl methyl sites for hydroxylation is 1. The first-order valence-electron chi connectivity index (χ1n) is 6.92. The number of halogens is 1. The summed E-state index contributed by atoms with van der Waals surface area (Å²) in [7, 11) is 0. The summed E-state index contributed by atoms with van der Waals surface area (Å²) in [6.45, 7) is 4.03. The minimum Gasteiger partial charge on any atom is -0.342 e. The van der Waals surface area contributed by atoms with Crippen molar-refractivity contribution in [2.45, 2.75) is 26.3 Å². The second-order valence-electron chi connectivity index (χ2n) is 4.79. The molecule has 100 valence electrons. The predicted octanol–water partition coefficient (Wildman–Crippen LogP) is 2.69. The zero-order chi connectivity index (χ0) is 13.5. The third kappa shape index (κ3) is 4.18. The number of quaternary nitrogens is 1. The number of rotatable bonds is 6. The maximum Gasteiger partial charge on any atom is 0.126 e. The summed E-state index contributed by atoms with van der Waals surface area (Å²) in [5.74, 6) is -0.0943. The van der Waals surface area contributed by atoms with E-state index in [0.29, 0.717) is 0 Å². The fraction of sp³-hybridized carbons (Fsp3) is 0.294. The molecule has 0 aliphatic carbocycles. The molecule has 0 unspecified atom stereocenters. The molecule has 19 heavy (non-hydrogen) atoms. The first-order valence-corrected chi connectivity index (χ1v) is 6.92. The Bertz CT molecular complexity index is 505. The van der Waals surface area contributed by atoms with Gasteiger partial charge in [-0.3, -0.25) is 0 Å². The average Bonchev–Trinajstić information content (AvgIpc) is 2.46. The Hall–Kier alpha value is -1.67. The molecule has 2 N–H and O–H groups in total. The van der Waals surface area contributed by atoms with E-state index in [1.807, 2.05) is 12.1 Å². The summed E-state index contributed by atoms with van der Waals surface area (Å²) in [6, 6.07) is 15.7. The van der Waals surface area contributed by atoms with Crippen molar-refractivity contribution < 1.29 is 9.71 Å². The fourth-order valence-corrected chi connectivity index (χ4v) is 2.14. The average molecular weight is 258 g/mol. The van der Waals surface area contributed by atoms with E-state index in [1.165, 1.54) is 17.2 Å². The van der Waals surface area contributed by atoms with E-state index in [1.54, 1.807) is 6.07 Å². The fourth-order valence-electron chi connectivity index (χ4n) is 2.14. The number of hydrogen-bond donors (Lipinski definition) is 1. The van der Waals surface area contributed by atoms with Gasteiger partial charge in [-0.15, -0.1) is 0 Å². The van der Waals surface area contributed by atoms with Crippen LogP contribution >= 0.6 is 0 Å². The first-order chi connectivity index (χ1) is 9.29. The smallest absolute Gasteiger partial charge is 0.126 e. The Morgan fingerprint density at radius 3 is 2.32 bits per heavy atom. The molecule has 1 nitrogen and oxygen atoms in total. The van der Waals surface area contributed by atoms with Crippen molar-refractivity contribution in [3.63, 3.8) is 0 Å². The maximum absolute atomic E-state index is 13.4. The number of nitrogens with two attached hydrogens (primary N) is 1. The highest BCUT2D eigenvalue weighted by molar-refractivity contribution is 5.21. The van der Waals surface area contributed by atoms with Crippen LogP contribution in [0.15, 0.2) is 48.5 Å². The van der Waals surface area contributed by atoms with Gasteiger partial charge in [0, 0.05) is 12.0 Å². The van der Waals surface area contributed by atoms with E-state index in [9.17, 15) is 4.39 Å². The summed E-state index contributed by atoms with van der Waals surface area (Å²) in [5.41, 5.74) is 3.50. The molecule has 2 rings (SSSR count). The lowest BCUT2D eigenvalue weighted by Gasteiger charge is -2.04. The van der Waals surface area contributed by atoms with Crippen LogP contribution in [0.3, 0.4) is 0 Å². The van der Waals surface area contributed by atoms with Crippen LogP contribution in [0.1, 0.15) is 23.6 Å². The molecule has 0 heterocycles. The van der Waals surface area contributed by atoms with Crippen molar-refractivity contribution in [2.75, 3.05) is 6.54 Å². The molecule has 0 aromatic heterocycles. The lowest BCUT2D eigenvalue weighted by atomic mass is 10.1. The summed E-state index contributed by atoms with van der Waals surface area (Å²) < 4.78 is 13.4. The van der Waals surface area contributed by atoms with E-state index in [4.69, 9.17) is 0 Å². The van der Waals surface area contributed by atoms with Gasteiger partial charge in [-0.1, -0.05) is 49.4 Å². The van der Waals surface area contributed by atoms with Gasteiger partial charge < -0.3 is 5.32 Å². The predicted molar refractivity (Wildman–Crippen MR) is 76.4 cm³/mol. The molecule has 0 aliphatic heterocycles. The third-order valence-corrected chi connectivity index (χ3v) is 3.39. The molecule has 0 amide bonds. The van der Waals surface area contributed by atoms with Gasteiger partial charge in [0.15, 0.2) is 0 Å². The van der Waals surface area contributed by atoms with Crippen LogP contribution in [0.2, 0.25) is 0 Å². The Morgan fingerprint density at radius 1 is 0.947 bits per heavy atom. The maximum atomic E-state index is 13.4. The molecule has 0 saturated carbocycles. The highest BCUT2D eigenvalue weighted by Crippen LogP contribution is 2.06. The van der Waals surface area contributed by atoms with E-state index < -0.39 is 0 Å². The molecule has 0 saturated heterocycles. The molecule has 2 aromatic rings. The zero-order valence-electron chi connectivity index (χ0n) is 11.4. The quantitative estimate of drug-likeness (QED) is 0.767. The minimum absolute atomic E-state index is 0.0943. The van der Waals surface area contributed by atoms with Gasteiger partial charge in [0.05, 0.1) is 6.54 Å². The van der Waals surface area contributed by atoms with Crippen LogP contribution in [-0.2, 0) is 19.4 Å². The van der Waals surface area contributed by atoms with Crippen molar-refractivity contribution in [3.8, 4) is 0 Å². The van der Waals surface area contributed by atoms with Gasteiger partial charge in [0.1, 0.15) is 12.4 Å². The first kappa shape index (κ1) is 13.8. The molecule has 0 fully saturated rings. The van der Waals surface area contributed by atoms with Gasteiger partial charge in [0.2, 0.25) is 0 Å². The van der Waals surface area contributed by atoms with Crippen molar-refractivity contribution in [3.05, 3.63) is 71.0 Å². The van der Waals surface area contributed by atoms with Crippen molar-refractivity contribution in [1.29, 1.82) is 0 Å². The number of hydrogen-bond acceptors (Lipinski definition) is 0. The lowest BCUT2D eigenvalue weighted by Crippen LogP contribution is -2.83. The molecule has 0 radical (unpaired) electrons. The normalized spacial score (nSPS) is 10.6. The van der Waals surface area contributed by atoms with E-state index in [-0.39, 0.29) is 5.82 Å². The van der Waals surface area contributed by atoms with E-state index >= 15 is 0 Å². The van der Waals surface area contributed by atoms with Gasteiger partial charge >= 0.3 is 0 Å². The summed E-state index contributed by atoms with van der Waals surface area (Å²) in [5, 5.41) is 2.23. The van der Waals surface area contributed by atoms with Gasteiger partial charge in [-0.25, -0.2) is 4.39 Å². The van der Waals surface area contributed by atoms with Crippen molar-refractivity contribution in [2.24, 2.45) is 0 Å². The molecular weight excluding hydrogens is 237 g/mol. The zero-order valence-corrected chi connectivity index (χ0v) is 11.4. The Morgan fingerprint density at radius 2 is 1.63 bits per heavy atom. The summed E-state index contributed by atoms with van der Waals surface area (Å²) in [6.07, 6.45) is 1.86. The second-order valence-corrected chi connectivity index (χ2v) is 4.79. The standard InChI is InChI=1S/C17H20FN/c1-2-14-7-9-15(10-8-14)13-19-12-11-16-5-3-4-6-17(16)18/h3-10,19H,2,11-13H2,1H3/p+1. The Kier molecular flexibility index (Phi) is 5.10. The van der Waals surface area contributed by atoms with Gasteiger partial charge in [0.25, 0.3) is 0 Å². The Balaban J connectivity index is 1.76. The Labute approximate surface area is 114 Å². The minimum atomic E-state index is -0.0943. The molecular formula is C17H21FN+. The van der Waals surface area contributed by atoms with Crippen molar-refractivity contribution >= 4 is 0 Å². The highest BCUT2D eigenvalue weighted by Gasteiger charge is 2.01. The molecule has 0 bridgehead atoms. The molecule has 0 spiro atoms. The second kappa shape index (κ2) is 7.05. The summed E-state index contributed by atoms with van der Waals surface area (Å²) >= 11 is 0. The van der Waals surface area contributed by atoms with Gasteiger partial charge in [-0.05, 0) is 23.6 Å². The van der Waals surface area contributed by atoms with E-state index in [0.717, 1.165) is 31.5 Å². The monoisotopic (exact) mass is 258 g/mol. The van der Waals surface area contributed by atoms with E-state index in [2.05, 4.69) is 36.5 Å². The topological polar surface area (TPSA) is 16.6 Å². The highest BCUT2D eigenvalue weighted by atomic mass is 19.1.